The normalized spacial score (nSPS) is 9.56. The number of nitro benzene ring substituents is 1. The molecule has 0 fully saturated rings. The second-order valence-electron chi connectivity index (χ2n) is 2.89. The molecule has 1 N–H and O–H groups in total. The smallest absolute Gasteiger partial charge is 0.284 e. The molecule has 5 nitrogen and oxygen atoms in total. The first-order valence-electron chi connectivity index (χ1n) is 4.40. The van der Waals surface area contributed by atoms with Crippen LogP contribution in [0.5, 0.6) is 0 Å². The average molecular weight is 285 g/mol. The molecule has 1 aromatic rings. The van der Waals surface area contributed by atoms with Gasteiger partial charge in [-0.2, -0.15) is 0 Å². The average Bonchev–Trinajstić information content (AvgIpc) is 2.25. The molecular weight excluding hydrogens is 276 g/mol. The fraction of sp³-hybridized carbons (Fsp3) is 0.100. The third kappa shape index (κ3) is 2.66. The lowest BCUT2D eigenvalue weighted by Crippen LogP contribution is -2.23. The Hall–Kier alpha value is -1.69. The van der Waals surface area contributed by atoms with Gasteiger partial charge in [-0.05, 0) is 22.0 Å². The molecule has 0 spiro atoms. The number of carbonyl (C=O) groups excluding carboxylic acids is 1. The minimum atomic E-state index is -0.547. The van der Waals surface area contributed by atoms with Gasteiger partial charge in [0.15, 0.2) is 0 Å². The van der Waals surface area contributed by atoms with Gasteiger partial charge in [0.25, 0.3) is 11.6 Å². The summed E-state index contributed by atoms with van der Waals surface area (Å²) >= 11 is 3.05. The van der Waals surface area contributed by atoms with Crippen molar-refractivity contribution in [3.63, 3.8) is 0 Å². The molecule has 0 aliphatic carbocycles. The number of hydrogen-bond donors (Lipinski definition) is 1. The van der Waals surface area contributed by atoms with Crippen molar-refractivity contribution < 1.29 is 9.72 Å². The van der Waals surface area contributed by atoms with Crippen molar-refractivity contribution in [3.8, 4) is 0 Å². The summed E-state index contributed by atoms with van der Waals surface area (Å²) in [5.74, 6) is -0.379. The van der Waals surface area contributed by atoms with Gasteiger partial charge in [0, 0.05) is 12.6 Å². The van der Waals surface area contributed by atoms with Crippen LogP contribution in [0.1, 0.15) is 10.4 Å². The highest BCUT2D eigenvalue weighted by Gasteiger charge is 2.18. The first-order chi connectivity index (χ1) is 7.57. The Labute approximate surface area is 100 Å². The zero-order chi connectivity index (χ0) is 12.1. The molecule has 0 atom stereocenters. The van der Waals surface area contributed by atoms with Gasteiger partial charge < -0.3 is 5.32 Å². The maximum atomic E-state index is 11.6. The molecule has 0 saturated heterocycles. The van der Waals surface area contributed by atoms with E-state index < -0.39 is 4.92 Å². The van der Waals surface area contributed by atoms with Gasteiger partial charge in [0.05, 0.1) is 10.5 Å². The maximum Gasteiger partial charge on any atom is 0.284 e. The van der Waals surface area contributed by atoms with Crippen molar-refractivity contribution in [2.45, 2.75) is 0 Å². The zero-order valence-electron chi connectivity index (χ0n) is 8.27. The highest BCUT2D eigenvalue weighted by atomic mass is 79.9. The number of rotatable bonds is 4. The molecule has 84 valence electrons. The van der Waals surface area contributed by atoms with Gasteiger partial charge in [-0.1, -0.05) is 12.1 Å². The van der Waals surface area contributed by atoms with Gasteiger partial charge in [0.1, 0.15) is 4.47 Å². The van der Waals surface area contributed by atoms with Crippen molar-refractivity contribution in [2.24, 2.45) is 0 Å². The van der Waals surface area contributed by atoms with E-state index in [1.807, 2.05) is 0 Å². The van der Waals surface area contributed by atoms with E-state index in [2.05, 4.69) is 27.8 Å². The highest BCUT2D eigenvalue weighted by molar-refractivity contribution is 9.10. The predicted octanol–water partition coefficient (Wildman–Crippen LogP) is 2.27. The number of hydrogen-bond acceptors (Lipinski definition) is 3. The van der Waals surface area contributed by atoms with Gasteiger partial charge in [-0.15, -0.1) is 6.58 Å². The lowest BCUT2D eigenvalue weighted by atomic mass is 10.2. The van der Waals surface area contributed by atoms with Crippen LogP contribution < -0.4 is 5.32 Å². The van der Waals surface area contributed by atoms with E-state index >= 15 is 0 Å². The van der Waals surface area contributed by atoms with Crippen molar-refractivity contribution in [3.05, 3.63) is 51.0 Å². The molecule has 0 unspecified atom stereocenters. The molecule has 0 radical (unpaired) electrons. The van der Waals surface area contributed by atoms with Gasteiger partial charge in [-0.3, -0.25) is 14.9 Å². The predicted molar refractivity (Wildman–Crippen MR) is 63.3 cm³/mol. The van der Waals surface area contributed by atoms with Crippen LogP contribution in [-0.2, 0) is 0 Å². The first-order valence-corrected chi connectivity index (χ1v) is 5.19. The SMILES string of the molecule is C=CCNC(=O)c1cccc([N+](=O)[O-])c1Br. The van der Waals surface area contributed by atoms with E-state index in [-0.39, 0.29) is 21.6 Å². The van der Waals surface area contributed by atoms with Crippen LogP contribution in [0.15, 0.2) is 35.3 Å². The summed E-state index contributed by atoms with van der Waals surface area (Å²) in [5, 5.41) is 13.2. The van der Waals surface area contributed by atoms with E-state index in [9.17, 15) is 14.9 Å². The summed E-state index contributed by atoms with van der Waals surface area (Å²) in [4.78, 5) is 21.7. The van der Waals surface area contributed by atoms with Gasteiger partial charge >= 0.3 is 0 Å². The second-order valence-corrected chi connectivity index (χ2v) is 3.69. The molecule has 16 heavy (non-hydrogen) atoms. The summed E-state index contributed by atoms with van der Waals surface area (Å²) in [7, 11) is 0. The van der Waals surface area contributed by atoms with Crippen LogP contribution in [0.4, 0.5) is 5.69 Å². The molecule has 0 bridgehead atoms. The fourth-order valence-corrected chi connectivity index (χ4v) is 1.69. The Morgan fingerprint density at radius 3 is 2.88 bits per heavy atom. The Kier molecular flexibility index (Phi) is 4.19. The van der Waals surface area contributed by atoms with Crippen LogP contribution in [0.3, 0.4) is 0 Å². The molecule has 1 amide bonds. The lowest BCUT2D eigenvalue weighted by molar-refractivity contribution is -0.385. The van der Waals surface area contributed by atoms with Crippen molar-refractivity contribution in [1.82, 2.24) is 5.32 Å². The topological polar surface area (TPSA) is 72.2 Å². The Balaban J connectivity index is 3.05. The van der Waals surface area contributed by atoms with Crippen molar-refractivity contribution in [1.29, 1.82) is 0 Å². The Morgan fingerprint density at radius 2 is 2.31 bits per heavy atom. The first kappa shape index (κ1) is 12.4. The van der Waals surface area contributed by atoms with Gasteiger partial charge in [-0.25, -0.2) is 0 Å². The summed E-state index contributed by atoms with van der Waals surface area (Å²) < 4.78 is 0.182. The molecule has 1 aromatic carbocycles. The Bertz CT molecular complexity index is 446. The number of halogens is 1. The molecule has 0 heterocycles. The summed E-state index contributed by atoms with van der Waals surface area (Å²) in [6.45, 7) is 3.77. The molecule has 0 aliphatic rings. The lowest BCUT2D eigenvalue weighted by Gasteiger charge is -2.04. The highest BCUT2D eigenvalue weighted by Crippen LogP contribution is 2.27. The van der Waals surface area contributed by atoms with E-state index in [4.69, 9.17) is 0 Å². The molecule has 6 heteroatoms. The van der Waals surface area contributed by atoms with E-state index in [0.29, 0.717) is 6.54 Å². The van der Waals surface area contributed by atoms with Crippen LogP contribution in [0, 0.1) is 10.1 Å². The second kappa shape index (κ2) is 5.41. The summed E-state index contributed by atoms with van der Waals surface area (Å²) in [6.07, 6.45) is 1.53. The van der Waals surface area contributed by atoms with Crippen LogP contribution in [0.2, 0.25) is 0 Å². The zero-order valence-corrected chi connectivity index (χ0v) is 9.86. The number of benzene rings is 1. The minimum absolute atomic E-state index is 0.133. The number of nitrogens with one attached hydrogen (secondary N) is 1. The van der Waals surface area contributed by atoms with Gasteiger partial charge in [0.2, 0.25) is 0 Å². The summed E-state index contributed by atoms with van der Waals surface area (Å²) in [5.41, 5.74) is 0.0994. The quantitative estimate of drug-likeness (QED) is 0.524. The summed E-state index contributed by atoms with van der Waals surface area (Å²) in [6, 6.07) is 4.30. The molecule has 1 rings (SSSR count). The third-order valence-electron chi connectivity index (χ3n) is 1.83. The van der Waals surface area contributed by atoms with Crippen molar-refractivity contribution >= 4 is 27.5 Å². The Morgan fingerprint density at radius 1 is 1.62 bits per heavy atom. The number of nitro groups is 1. The fourth-order valence-electron chi connectivity index (χ4n) is 1.10. The van der Waals surface area contributed by atoms with Crippen molar-refractivity contribution in [2.75, 3.05) is 6.54 Å². The number of amides is 1. The largest absolute Gasteiger partial charge is 0.349 e. The number of carbonyl (C=O) groups is 1. The maximum absolute atomic E-state index is 11.6. The minimum Gasteiger partial charge on any atom is -0.349 e. The molecule has 0 aromatic heterocycles. The monoisotopic (exact) mass is 284 g/mol. The van der Waals surface area contributed by atoms with Crippen LogP contribution in [-0.4, -0.2) is 17.4 Å². The molecular formula is C10H9BrN2O3. The number of nitrogens with zero attached hydrogens (tertiary/aromatic N) is 1. The molecule has 0 saturated carbocycles. The van der Waals surface area contributed by atoms with E-state index in [1.165, 1.54) is 24.3 Å². The van der Waals surface area contributed by atoms with Crippen LogP contribution >= 0.6 is 15.9 Å². The molecule has 0 aliphatic heterocycles. The van der Waals surface area contributed by atoms with E-state index in [0.717, 1.165) is 0 Å². The van der Waals surface area contributed by atoms with E-state index in [1.54, 1.807) is 0 Å². The third-order valence-corrected chi connectivity index (χ3v) is 2.66. The standard InChI is InChI=1S/C10H9BrN2O3/c1-2-6-12-10(14)7-4-3-5-8(9(7)11)13(15)16/h2-5H,1,6H2,(H,12,14). The van der Waals surface area contributed by atoms with Crippen LogP contribution in [0.25, 0.3) is 0 Å².